The third kappa shape index (κ3) is 3.91. The average molecular weight is 328 g/mol. The molecule has 1 rings (SSSR count). The number of hydrogen-bond acceptors (Lipinski definition) is 3. The van der Waals surface area contributed by atoms with Crippen molar-refractivity contribution >= 4 is 21.6 Å². The normalized spacial score (nSPS) is 12.5. The highest BCUT2D eigenvalue weighted by molar-refractivity contribution is 7.89. The van der Waals surface area contributed by atoms with E-state index in [1.165, 1.54) is 11.4 Å². The first-order valence-electron chi connectivity index (χ1n) is 5.63. The molecule has 1 aromatic carbocycles. The zero-order chi connectivity index (χ0) is 16.4. The quantitative estimate of drug-likeness (QED) is 0.807. The van der Waals surface area contributed by atoms with Crippen molar-refractivity contribution in [3.8, 4) is 0 Å². The van der Waals surface area contributed by atoms with Crippen LogP contribution in [0.5, 0.6) is 0 Å². The maximum atomic E-state index is 12.8. The van der Waals surface area contributed by atoms with Gasteiger partial charge in [0.2, 0.25) is 10.0 Å². The Labute approximate surface area is 118 Å². The number of amides is 1. The third-order valence-electron chi connectivity index (χ3n) is 2.59. The Kier molecular flexibility index (Phi) is 4.95. The summed E-state index contributed by atoms with van der Waals surface area (Å²) in [7, 11) is -4.14. The number of alkyl halides is 4. The highest BCUT2D eigenvalue weighted by Crippen LogP contribution is 2.26. The zero-order valence-electron chi connectivity index (χ0n) is 10.7. The molecule has 10 heteroatoms. The van der Waals surface area contributed by atoms with Crippen molar-refractivity contribution in [2.75, 3.05) is 5.32 Å². The minimum absolute atomic E-state index is 0.285. The lowest BCUT2D eigenvalue weighted by Crippen LogP contribution is -2.41. The summed E-state index contributed by atoms with van der Waals surface area (Å²) < 4.78 is 72.4. The lowest BCUT2D eigenvalue weighted by atomic mass is 10.1. The first kappa shape index (κ1) is 17.4. The Morgan fingerprint density at radius 2 is 1.95 bits per heavy atom. The number of carbonyl (C=O) groups excluding carboxylic acids is 1. The number of aryl methyl sites for hydroxylation is 1. The predicted molar refractivity (Wildman–Crippen MR) is 66.8 cm³/mol. The van der Waals surface area contributed by atoms with Crippen LogP contribution >= 0.6 is 0 Å². The van der Waals surface area contributed by atoms with Crippen LogP contribution in [-0.4, -0.2) is 26.7 Å². The Hall–Kier alpha value is -1.68. The maximum absolute atomic E-state index is 12.8. The second kappa shape index (κ2) is 5.98. The van der Waals surface area contributed by atoms with Crippen molar-refractivity contribution in [2.45, 2.75) is 30.6 Å². The van der Waals surface area contributed by atoms with Crippen LogP contribution in [0.2, 0.25) is 0 Å². The van der Waals surface area contributed by atoms with Crippen molar-refractivity contribution in [2.24, 2.45) is 5.14 Å². The number of nitrogens with one attached hydrogen (secondary N) is 1. The number of primary sulfonamides is 1. The summed E-state index contributed by atoms with van der Waals surface area (Å²) in [5.41, 5.74) is -0.0716. The highest BCUT2D eigenvalue weighted by atomic mass is 32.2. The number of rotatable bonds is 5. The van der Waals surface area contributed by atoms with Crippen molar-refractivity contribution in [1.29, 1.82) is 0 Å². The monoisotopic (exact) mass is 328 g/mol. The fourth-order valence-electron chi connectivity index (χ4n) is 1.50. The van der Waals surface area contributed by atoms with E-state index in [0.717, 1.165) is 12.1 Å². The van der Waals surface area contributed by atoms with Gasteiger partial charge in [-0.3, -0.25) is 4.79 Å². The minimum Gasteiger partial charge on any atom is -0.321 e. The first-order chi connectivity index (χ1) is 9.50. The summed E-state index contributed by atoms with van der Waals surface area (Å²) in [6.07, 6.45) is -3.89. The van der Waals surface area contributed by atoms with Crippen molar-refractivity contribution in [3.63, 3.8) is 0 Å². The van der Waals surface area contributed by atoms with Gasteiger partial charge in [-0.2, -0.15) is 8.78 Å². The minimum atomic E-state index is -4.88. The SMILES string of the molecule is CCc1ccc(NC(=O)C(F)(F)C(F)F)cc1S(N)(=O)=O. The topological polar surface area (TPSA) is 89.3 Å². The second-order valence-corrected chi connectivity index (χ2v) is 5.63. The van der Waals surface area contributed by atoms with E-state index in [2.05, 4.69) is 0 Å². The molecule has 0 fully saturated rings. The van der Waals surface area contributed by atoms with E-state index in [-0.39, 0.29) is 17.0 Å². The van der Waals surface area contributed by atoms with E-state index >= 15 is 0 Å². The van der Waals surface area contributed by atoms with E-state index in [1.807, 2.05) is 0 Å². The average Bonchev–Trinajstić information content (AvgIpc) is 2.37. The van der Waals surface area contributed by atoms with Gasteiger partial charge in [-0.1, -0.05) is 13.0 Å². The van der Waals surface area contributed by atoms with Gasteiger partial charge in [0.25, 0.3) is 0 Å². The molecule has 5 nitrogen and oxygen atoms in total. The molecule has 21 heavy (non-hydrogen) atoms. The molecule has 0 saturated heterocycles. The molecular weight excluding hydrogens is 316 g/mol. The third-order valence-corrected chi connectivity index (χ3v) is 3.58. The molecule has 0 radical (unpaired) electrons. The molecule has 0 unspecified atom stereocenters. The van der Waals surface area contributed by atoms with Gasteiger partial charge in [-0.25, -0.2) is 22.3 Å². The molecule has 0 saturated carbocycles. The molecule has 0 aliphatic rings. The summed E-state index contributed by atoms with van der Waals surface area (Å²) in [6.45, 7) is 1.63. The fraction of sp³-hybridized carbons (Fsp3) is 0.364. The summed E-state index contributed by atoms with van der Waals surface area (Å²) in [4.78, 5) is 10.7. The van der Waals surface area contributed by atoms with Crippen LogP contribution in [0.3, 0.4) is 0 Å². The van der Waals surface area contributed by atoms with E-state index < -0.39 is 28.3 Å². The van der Waals surface area contributed by atoms with Crippen LogP contribution in [0, 0.1) is 0 Å². The summed E-state index contributed by atoms with van der Waals surface area (Å²) in [6, 6.07) is 3.20. The van der Waals surface area contributed by atoms with Crippen LogP contribution in [0.15, 0.2) is 23.1 Å². The van der Waals surface area contributed by atoms with Gasteiger partial charge in [-0.05, 0) is 24.1 Å². The van der Waals surface area contributed by atoms with E-state index in [9.17, 15) is 30.8 Å². The number of halogens is 4. The van der Waals surface area contributed by atoms with Crippen molar-refractivity contribution in [1.82, 2.24) is 0 Å². The van der Waals surface area contributed by atoms with Crippen LogP contribution in [0.25, 0.3) is 0 Å². The number of sulfonamides is 1. The standard InChI is InChI=1S/C11H12F4N2O3S/c1-2-6-3-4-7(5-8(6)21(16,19)20)17-10(18)11(14,15)9(12)13/h3-5,9H,2H2,1H3,(H,17,18)(H2,16,19,20). The number of carbonyl (C=O) groups is 1. The molecule has 0 bridgehead atoms. The lowest BCUT2D eigenvalue weighted by Gasteiger charge is -2.15. The molecule has 118 valence electrons. The van der Waals surface area contributed by atoms with Gasteiger partial charge in [-0.15, -0.1) is 0 Å². The maximum Gasteiger partial charge on any atom is 0.383 e. The predicted octanol–water partition coefficient (Wildman–Crippen LogP) is 1.74. The smallest absolute Gasteiger partial charge is 0.321 e. The van der Waals surface area contributed by atoms with Gasteiger partial charge >= 0.3 is 18.3 Å². The number of nitrogens with two attached hydrogens (primary N) is 1. The van der Waals surface area contributed by atoms with Gasteiger partial charge in [0, 0.05) is 5.69 Å². The Morgan fingerprint density at radius 3 is 2.38 bits per heavy atom. The fourth-order valence-corrected chi connectivity index (χ4v) is 2.37. The van der Waals surface area contributed by atoms with Crippen LogP contribution in [0.4, 0.5) is 23.2 Å². The van der Waals surface area contributed by atoms with E-state index in [0.29, 0.717) is 5.56 Å². The summed E-state index contributed by atoms with van der Waals surface area (Å²) in [5.74, 6) is -7.12. The largest absolute Gasteiger partial charge is 0.383 e. The van der Waals surface area contributed by atoms with Crippen LogP contribution < -0.4 is 10.5 Å². The first-order valence-corrected chi connectivity index (χ1v) is 7.18. The Morgan fingerprint density at radius 1 is 1.38 bits per heavy atom. The molecule has 0 spiro atoms. The second-order valence-electron chi connectivity index (χ2n) is 4.10. The Bertz CT molecular complexity index is 647. The van der Waals surface area contributed by atoms with Crippen molar-refractivity contribution in [3.05, 3.63) is 23.8 Å². The molecule has 3 N–H and O–H groups in total. The lowest BCUT2D eigenvalue weighted by molar-refractivity contribution is -0.163. The molecule has 0 atom stereocenters. The zero-order valence-corrected chi connectivity index (χ0v) is 11.6. The van der Waals surface area contributed by atoms with Crippen LogP contribution in [-0.2, 0) is 21.2 Å². The molecule has 0 aromatic heterocycles. The van der Waals surface area contributed by atoms with Crippen LogP contribution in [0.1, 0.15) is 12.5 Å². The van der Waals surface area contributed by atoms with Gasteiger partial charge < -0.3 is 5.32 Å². The molecule has 0 heterocycles. The van der Waals surface area contributed by atoms with Gasteiger partial charge in [0.1, 0.15) is 0 Å². The number of hydrogen-bond donors (Lipinski definition) is 2. The number of anilines is 1. The highest BCUT2D eigenvalue weighted by Gasteiger charge is 2.49. The Balaban J connectivity index is 3.15. The molecule has 0 aliphatic carbocycles. The molecular formula is C11H12F4N2O3S. The molecule has 1 amide bonds. The molecule has 0 aliphatic heterocycles. The molecule has 1 aromatic rings. The van der Waals surface area contributed by atoms with E-state index in [1.54, 1.807) is 6.92 Å². The summed E-state index contributed by atoms with van der Waals surface area (Å²) in [5, 5.41) is 6.50. The summed E-state index contributed by atoms with van der Waals surface area (Å²) >= 11 is 0. The van der Waals surface area contributed by atoms with Gasteiger partial charge in [0.15, 0.2) is 0 Å². The van der Waals surface area contributed by atoms with Crippen molar-refractivity contribution < 1.29 is 30.8 Å². The number of benzene rings is 1. The van der Waals surface area contributed by atoms with Gasteiger partial charge in [0.05, 0.1) is 4.90 Å². The van der Waals surface area contributed by atoms with E-state index in [4.69, 9.17) is 5.14 Å².